The average molecular weight is 388 g/mol. The summed E-state index contributed by atoms with van der Waals surface area (Å²) < 4.78 is 40.5. The highest BCUT2D eigenvalue weighted by molar-refractivity contribution is 5.85. The summed E-state index contributed by atoms with van der Waals surface area (Å²) in [5.41, 5.74) is 0. The molecule has 2 fully saturated rings. The van der Waals surface area contributed by atoms with E-state index >= 15 is 0 Å². The van der Waals surface area contributed by atoms with E-state index in [1.165, 1.54) is 4.90 Å². The Kier molecular flexibility index (Phi) is 8.95. The first-order valence-corrected chi connectivity index (χ1v) is 8.28. The van der Waals surface area contributed by atoms with Gasteiger partial charge in [0.05, 0.1) is 6.04 Å². The van der Waals surface area contributed by atoms with Gasteiger partial charge in [0.25, 0.3) is 0 Å². The number of rotatable bonds is 6. The highest BCUT2D eigenvalue weighted by Gasteiger charge is 2.29. The van der Waals surface area contributed by atoms with Gasteiger partial charge in [0.1, 0.15) is 13.2 Å². The van der Waals surface area contributed by atoms with Crippen molar-refractivity contribution in [2.24, 2.45) is 5.92 Å². The second-order valence-electron chi connectivity index (χ2n) is 6.35. The van der Waals surface area contributed by atoms with Crippen LogP contribution in [0.1, 0.15) is 25.7 Å². The van der Waals surface area contributed by atoms with Crippen LogP contribution in [0.15, 0.2) is 0 Å². The number of amides is 2. The van der Waals surface area contributed by atoms with Crippen LogP contribution in [0.3, 0.4) is 0 Å². The maximum atomic E-state index is 12.0. The summed E-state index contributed by atoms with van der Waals surface area (Å²) in [7, 11) is 0. The van der Waals surface area contributed by atoms with Crippen molar-refractivity contribution in [3.8, 4) is 0 Å². The molecule has 10 heteroatoms. The molecule has 2 aliphatic rings. The van der Waals surface area contributed by atoms with E-state index in [2.05, 4.69) is 15.4 Å². The Hall–Kier alpha value is -1.06. The van der Waals surface area contributed by atoms with Crippen molar-refractivity contribution in [2.45, 2.75) is 37.9 Å². The molecule has 0 radical (unpaired) electrons. The molecule has 0 aromatic carbocycles. The molecule has 2 N–H and O–H groups in total. The number of nitrogens with zero attached hydrogens (tertiary/aromatic N) is 1. The summed E-state index contributed by atoms with van der Waals surface area (Å²) in [6.45, 7) is 0.298. The lowest BCUT2D eigenvalue weighted by Gasteiger charge is -2.33. The number of nitrogens with one attached hydrogen (secondary N) is 2. The van der Waals surface area contributed by atoms with E-state index in [9.17, 15) is 22.8 Å². The predicted octanol–water partition coefficient (Wildman–Crippen LogP) is 1.09. The third kappa shape index (κ3) is 7.79. The molecule has 0 bridgehead atoms. The van der Waals surface area contributed by atoms with Crippen LogP contribution in [0.5, 0.6) is 0 Å². The van der Waals surface area contributed by atoms with E-state index in [1.54, 1.807) is 0 Å². The second-order valence-corrected chi connectivity index (χ2v) is 6.35. The van der Waals surface area contributed by atoms with Gasteiger partial charge in [-0.05, 0) is 38.1 Å². The zero-order chi connectivity index (χ0) is 17.6. The lowest BCUT2D eigenvalue weighted by Crippen LogP contribution is -2.47. The molecule has 2 amide bonds. The maximum absolute atomic E-state index is 12.0. The minimum Gasteiger partial charge on any atom is -0.362 e. The summed E-state index contributed by atoms with van der Waals surface area (Å²) in [5.74, 6) is -0.340. The van der Waals surface area contributed by atoms with Gasteiger partial charge in [0.2, 0.25) is 11.8 Å². The quantitative estimate of drug-likeness (QED) is 0.716. The normalized spacial score (nSPS) is 23.9. The van der Waals surface area contributed by atoms with Gasteiger partial charge in [0.15, 0.2) is 0 Å². The smallest absolute Gasteiger partial charge is 0.362 e. The van der Waals surface area contributed by atoms with Crippen LogP contribution in [-0.4, -0.2) is 68.3 Å². The fourth-order valence-corrected chi connectivity index (χ4v) is 3.08. The first kappa shape index (κ1) is 22.0. The summed E-state index contributed by atoms with van der Waals surface area (Å²) >= 11 is 0. The fourth-order valence-electron chi connectivity index (χ4n) is 3.08. The van der Waals surface area contributed by atoms with E-state index in [0.717, 1.165) is 32.2 Å². The molecule has 0 spiro atoms. The number of hydrogen-bond donors (Lipinski definition) is 2. The number of carbonyl (C=O) groups is 2. The number of likely N-dealkylation sites (tertiary alicyclic amines) is 1. The Morgan fingerprint density at radius 2 is 2.00 bits per heavy atom. The number of piperidine rings is 1. The van der Waals surface area contributed by atoms with Gasteiger partial charge in [-0.3, -0.25) is 9.59 Å². The average Bonchev–Trinajstić information content (AvgIpc) is 3.06. The first-order chi connectivity index (χ1) is 11.3. The van der Waals surface area contributed by atoms with Crippen molar-refractivity contribution in [3.63, 3.8) is 0 Å². The Morgan fingerprint density at radius 3 is 2.64 bits per heavy atom. The van der Waals surface area contributed by atoms with Gasteiger partial charge in [-0.25, -0.2) is 0 Å². The summed E-state index contributed by atoms with van der Waals surface area (Å²) in [4.78, 5) is 25.4. The van der Waals surface area contributed by atoms with Crippen LogP contribution < -0.4 is 10.6 Å². The molecule has 146 valence electrons. The number of alkyl halides is 3. The molecule has 2 heterocycles. The van der Waals surface area contributed by atoms with Crippen LogP contribution in [0.25, 0.3) is 0 Å². The Labute approximate surface area is 151 Å². The minimum absolute atomic E-state index is 0. The van der Waals surface area contributed by atoms with Crippen molar-refractivity contribution >= 4 is 24.2 Å². The predicted molar refractivity (Wildman–Crippen MR) is 87.5 cm³/mol. The molecule has 0 aromatic rings. The van der Waals surface area contributed by atoms with Gasteiger partial charge in [-0.1, -0.05) is 0 Å². The van der Waals surface area contributed by atoms with E-state index < -0.39 is 25.3 Å². The summed E-state index contributed by atoms with van der Waals surface area (Å²) in [6.07, 6.45) is -0.957. The monoisotopic (exact) mass is 387 g/mol. The molecule has 2 rings (SSSR count). The van der Waals surface area contributed by atoms with Gasteiger partial charge in [0, 0.05) is 19.6 Å². The maximum Gasteiger partial charge on any atom is 0.411 e. The van der Waals surface area contributed by atoms with Gasteiger partial charge < -0.3 is 20.3 Å². The third-order valence-electron chi connectivity index (χ3n) is 4.30. The van der Waals surface area contributed by atoms with E-state index in [0.29, 0.717) is 19.6 Å². The molecular weight excluding hydrogens is 363 g/mol. The zero-order valence-electron chi connectivity index (χ0n) is 13.9. The van der Waals surface area contributed by atoms with Gasteiger partial charge >= 0.3 is 6.18 Å². The van der Waals surface area contributed by atoms with Crippen LogP contribution in [0.4, 0.5) is 13.2 Å². The van der Waals surface area contributed by atoms with Crippen LogP contribution >= 0.6 is 12.4 Å². The van der Waals surface area contributed by atoms with E-state index in [4.69, 9.17) is 0 Å². The summed E-state index contributed by atoms with van der Waals surface area (Å²) in [5, 5.41) is 6.02. The SMILES string of the molecule is Cl.O=C(NCC1CCCN(C(=O)COCC(F)(F)F)C1)C1CCCN1. The molecule has 2 saturated heterocycles. The number of ether oxygens (including phenoxy) is 1. The first-order valence-electron chi connectivity index (χ1n) is 8.28. The van der Waals surface area contributed by atoms with Crippen LogP contribution in [0, 0.1) is 5.92 Å². The molecule has 2 aliphatic heterocycles. The van der Waals surface area contributed by atoms with Crippen molar-refractivity contribution in [1.82, 2.24) is 15.5 Å². The van der Waals surface area contributed by atoms with Gasteiger partial charge in [-0.15, -0.1) is 12.4 Å². The van der Waals surface area contributed by atoms with Crippen molar-refractivity contribution in [3.05, 3.63) is 0 Å². The van der Waals surface area contributed by atoms with Crippen LogP contribution in [-0.2, 0) is 14.3 Å². The van der Waals surface area contributed by atoms with Gasteiger partial charge in [-0.2, -0.15) is 13.2 Å². The van der Waals surface area contributed by atoms with Crippen molar-refractivity contribution in [2.75, 3.05) is 39.4 Å². The number of hydrogen-bond acceptors (Lipinski definition) is 4. The highest BCUT2D eigenvalue weighted by atomic mass is 35.5. The molecule has 25 heavy (non-hydrogen) atoms. The Balaban J connectivity index is 0.00000312. The lowest BCUT2D eigenvalue weighted by molar-refractivity contribution is -0.178. The Bertz CT molecular complexity index is 445. The Morgan fingerprint density at radius 1 is 1.24 bits per heavy atom. The largest absolute Gasteiger partial charge is 0.411 e. The van der Waals surface area contributed by atoms with E-state index in [-0.39, 0.29) is 30.3 Å². The molecule has 0 aromatic heterocycles. The molecule has 2 unspecified atom stereocenters. The topological polar surface area (TPSA) is 70.7 Å². The molecular formula is C15H25ClF3N3O3. The van der Waals surface area contributed by atoms with Crippen molar-refractivity contribution in [1.29, 1.82) is 0 Å². The fraction of sp³-hybridized carbons (Fsp3) is 0.867. The summed E-state index contributed by atoms with van der Waals surface area (Å²) in [6, 6.07) is -0.137. The molecule has 0 aliphatic carbocycles. The van der Waals surface area contributed by atoms with Crippen molar-refractivity contribution < 1.29 is 27.5 Å². The zero-order valence-corrected chi connectivity index (χ0v) is 14.8. The highest BCUT2D eigenvalue weighted by Crippen LogP contribution is 2.17. The molecule has 6 nitrogen and oxygen atoms in total. The standard InChI is InChI=1S/C15H24F3N3O3.ClH/c16-15(17,18)10-24-9-13(22)21-6-2-3-11(8-21)7-20-14(23)12-4-1-5-19-12;/h11-12,19H,1-10H2,(H,20,23);1H. The second kappa shape index (κ2) is 10.2. The molecule has 2 atom stereocenters. The number of halogens is 4. The number of carbonyl (C=O) groups excluding carboxylic acids is 2. The lowest BCUT2D eigenvalue weighted by atomic mass is 9.97. The van der Waals surface area contributed by atoms with Crippen LogP contribution in [0.2, 0.25) is 0 Å². The molecule has 0 saturated carbocycles. The third-order valence-corrected chi connectivity index (χ3v) is 4.30. The minimum atomic E-state index is -4.43. The van der Waals surface area contributed by atoms with E-state index in [1.807, 2.05) is 0 Å².